The minimum atomic E-state index is -0.319. The van der Waals surface area contributed by atoms with Crippen molar-refractivity contribution in [1.29, 1.82) is 0 Å². The Balaban J connectivity index is 2.87. The molecule has 0 heterocycles. The number of benzene rings is 1. The molecule has 0 saturated carbocycles. The van der Waals surface area contributed by atoms with Crippen LogP contribution in [0.5, 0.6) is 0 Å². The molecule has 0 aliphatic heterocycles. The van der Waals surface area contributed by atoms with Crippen molar-refractivity contribution < 1.29 is 5.11 Å². The molecule has 0 aliphatic carbocycles. The standard InChI is InChI=1S/C16H28N2O/c1-4-12-17-16(14-19,11-13-18(3)5-2)15-9-7-6-8-10-15/h6-10,17,19H,4-5,11-14H2,1-3H3. The molecule has 1 unspecified atom stereocenters. The van der Waals surface area contributed by atoms with Gasteiger partial charge in [0.15, 0.2) is 0 Å². The molecule has 0 radical (unpaired) electrons. The summed E-state index contributed by atoms with van der Waals surface area (Å²) in [6.07, 6.45) is 1.98. The number of aliphatic hydroxyl groups excluding tert-OH is 1. The molecule has 3 nitrogen and oxygen atoms in total. The van der Waals surface area contributed by atoms with Crippen LogP contribution in [0, 0.1) is 0 Å². The molecule has 0 aliphatic rings. The van der Waals surface area contributed by atoms with Crippen molar-refractivity contribution in [3.63, 3.8) is 0 Å². The van der Waals surface area contributed by atoms with E-state index in [1.807, 2.05) is 18.2 Å². The van der Waals surface area contributed by atoms with E-state index in [0.29, 0.717) is 0 Å². The van der Waals surface area contributed by atoms with Gasteiger partial charge in [-0.3, -0.25) is 0 Å². The Kier molecular flexibility index (Phi) is 7.06. The zero-order valence-electron chi connectivity index (χ0n) is 12.5. The van der Waals surface area contributed by atoms with E-state index < -0.39 is 0 Å². The first-order valence-electron chi connectivity index (χ1n) is 7.28. The maximum atomic E-state index is 9.96. The van der Waals surface area contributed by atoms with Crippen LogP contribution in [0.2, 0.25) is 0 Å². The van der Waals surface area contributed by atoms with Crippen LogP contribution in [0.1, 0.15) is 32.3 Å². The number of rotatable bonds is 9. The predicted octanol–water partition coefficient (Wildman–Crippen LogP) is 2.22. The second-order valence-electron chi connectivity index (χ2n) is 5.18. The van der Waals surface area contributed by atoms with Crippen LogP contribution in [0.25, 0.3) is 0 Å². The lowest BCUT2D eigenvalue weighted by Crippen LogP contribution is -2.48. The Morgan fingerprint density at radius 1 is 1.21 bits per heavy atom. The molecule has 3 heteroatoms. The molecule has 1 rings (SSSR count). The van der Waals surface area contributed by atoms with Crippen LogP contribution in [-0.2, 0) is 5.54 Å². The third kappa shape index (κ3) is 4.60. The lowest BCUT2D eigenvalue weighted by Gasteiger charge is -2.35. The monoisotopic (exact) mass is 264 g/mol. The van der Waals surface area contributed by atoms with E-state index in [9.17, 15) is 5.11 Å². The van der Waals surface area contributed by atoms with Crippen LogP contribution in [0.15, 0.2) is 30.3 Å². The van der Waals surface area contributed by atoms with Crippen molar-refractivity contribution in [2.75, 3.05) is 33.3 Å². The van der Waals surface area contributed by atoms with E-state index in [2.05, 4.69) is 43.2 Å². The van der Waals surface area contributed by atoms with Crippen LogP contribution in [0.3, 0.4) is 0 Å². The summed E-state index contributed by atoms with van der Waals surface area (Å²) in [4.78, 5) is 2.28. The lowest BCUT2D eigenvalue weighted by atomic mass is 9.87. The molecule has 0 saturated heterocycles. The summed E-state index contributed by atoms with van der Waals surface area (Å²) in [5, 5.41) is 13.5. The zero-order chi connectivity index (χ0) is 14.1. The Hall–Kier alpha value is -0.900. The SMILES string of the molecule is CCCNC(CO)(CCN(C)CC)c1ccccc1. The average Bonchev–Trinajstić information content (AvgIpc) is 2.48. The van der Waals surface area contributed by atoms with Crippen LogP contribution in [-0.4, -0.2) is 43.3 Å². The molecule has 1 aromatic carbocycles. The molecular weight excluding hydrogens is 236 g/mol. The second kappa shape index (κ2) is 8.31. The molecule has 2 N–H and O–H groups in total. The van der Waals surface area contributed by atoms with Gasteiger partial charge < -0.3 is 15.3 Å². The number of nitrogens with zero attached hydrogens (tertiary/aromatic N) is 1. The summed E-state index contributed by atoms with van der Waals surface area (Å²) < 4.78 is 0. The van der Waals surface area contributed by atoms with E-state index in [0.717, 1.165) is 32.5 Å². The fraction of sp³-hybridized carbons (Fsp3) is 0.625. The number of aliphatic hydroxyl groups is 1. The summed E-state index contributed by atoms with van der Waals surface area (Å²) in [7, 11) is 2.12. The van der Waals surface area contributed by atoms with E-state index in [1.165, 1.54) is 5.56 Å². The van der Waals surface area contributed by atoms with Crippen LogP contribution >= 0.6 is 0 Å². The molecular formula is C16H28N2O. The highest BCUT2D eigenvalue weighted by Gasteiger charge is 2.30. The van der Waals surface area contributed by atoms with Crippen molar-refractivity contribution in [3.05, 3.63) is 35.9 Å². The van der Waals surface area contributed by atoms with E-state index in [-0.39, 0.29) is 12.1 Å². The third-order valence-corrected chi connectivity index (χ3v) is 3.77. The fourth-order valence-electron chi connectivity index (χ4n) is 2.22. The lowest BCUT2D eigenvalue weighted by molar-refractivity contribution is 0.138. The van der Waals surface area contributed by atoms with E-state index >= 15 is 0 Å². The van der Waals surface area contributed by atoms with Crippen molar-refractivity contribution in [2.24, 2.45) is 0 Å². The fourth-order valence-corrected chi connectivity index (χ4v) is 2.22. The van der Waals surface area contributed by atoms with E-state index in [4.69, 9.17) is 0 Å². The summed E-state index contributed by atoms with van der Waals surface area (Å²) in [5.74, 6) is 0. The van der Waals surface area contributed by atoms with Gasteiger partial charge in [-0.25, -0.2) is 0 Å². The highest BCUT2D eigenvalue weighted by molar-refractivity contribution is 5.24. The zero-order valence-corrected chi connectivity index (χ0v) is 12.5. The van der Waals surface area contributed by atoms with Gasteiger partial charge in [0.1, 0.15) is 0 Å². The smallest absolute Gasteiger partial charge is 0.0681 e. The first-order chi connectivity index (χ1) is 9.18. The summed E-state index contributed by atoms with van der Waals surface area (Å²) in [5.41, 5.74) is 0.858. The van der Waals surface area contributed by atoms with E-state index in [1.54, 1.807) is 0 Å². The Morgan fingerprint density at radius 3 is 2.42 bits per heavy atom. The van der Waals surface area contributed by atoms with Gasteiger partial charge in [-0.2, -0.15) is 0 Å². The summed E-state index contributed by atoms with van der Waals surface area (Å²) in [6, 6.07) is 10.3. The Labute approximate surface area is 117 Å². The maximum absolute atomic E-state index is 9.96. The molecule has 0 spiro atoms. The molecule has 108 valence electrons. The first kappa shape index (κ1) is 16.2. The van der Waals surface area contributed by atoms with Crippen molar-refractivity contribution in [2.45, 2.75) is 32.2 Å². The largest absolute Gasteiger partial charge is 0.394 e. The van der Waals surface area contributed by atoms with Crippen molar-refractivity contribution in [3.8, 4) is 0 Å². The van der Waals surface area contributed by atoms with Crippen LogP contribution in [0.4, 0.5) is 0 Å². The Bertz CT molecular complexity index is 342. The molecule has 1 aromatic rings. The molecule has 0 amide bonds. The highest BCUT2D eigenvalue weighted by Crippen LogP contribution is 2.25. The van der Waals surface area contributed by atoms with Gasteiger partial charge in [0.05, 0.1) is 12.1 Å². The topological polar surface area (TPSA) is 35.5 Å². The number of hydrogen-bond donors (Lipinski definition) is 2. The van der Waals surface area contributed by atoms with Gasteiger partial charge in [-0.15, -0.1) is 0 Å². The number of nitrogens with one attached hydrogen (secondary N) is 1. The quantitative estimate of drug-likeness (QED) is 0.718. The van der Waals surface area contributed by atoms with Gasteiger partial charge in [0.25, 0.3) is 0 Å². The van der Waals surface area contributed by atoms with Gasteiger partial charge in [-0.1, -0.05) is 44.2 Å². The Morgan fingerprint density at radius 2 is 1.89 bits per heavy atom. The van der Waals surface area contributed by atoms with Crippen LogP contribution < -0.4 is 5.32 Å². The first-order valence-corrected chi connectivity index (χ1v) is 7.28. The van der Waals surface area contributed by atoms with Gasteiger partial charge in [0.2, 0.25) is 0 Å². The van der Waals surface area contributed by atoms with Gasteiger partial charge in [-0.05, 0) is 45.1 Å². The van der Waals surface area contributed by atoms with Gasteiger partial charge in [0, 0.05) is 0 Å². The van der Waals surface area contributed by atoms with Gasteiger partial charge >= 0.3 is 0 Å². The summed E-state index contributed by atoms with van der Waals surface area (Å²) >= 11 is 0. The normalized spacial score (nSPS) is 14.6. The minimum Gasteiger partial charge on any atom is -0.394 e. The molecule has 1 atom stereocenters. The number of hydrogen-bond acceptors (Lipinski definition) is 3. The molecule has 0 aromatic heterocycles. The van der Waals surface area contributed by atoms with Crippen molar-refractivity contribution >= 4 is 0 Å². The average molecular weight is 264 g/mol. The van der Waals surface area contributed by atoms with Crippen molar-refractivity contribution in [1.82, 2.24) is 10.2 Å². The second-order valence-corrected chi connectivity index (χ2v) is 5.18. The maximum Gasteiger partial charge on any atom is 0.0681 e. The summed E-state index contributed by atoms with van der Waals surface area (Å²) in [6.45, 7) is 7.37. The minimum absolute atomic E-state index is 0.133. The highest BCUT2D eigenvalue weighted by atomic mass is 16.3. The third-order valence-electron chi connectivity index (χ3n) is 3.77. The molecule has 0 fully saturated rings. The molecule has 19 heavy (non-hydrogen) atoms. The molecule has 0 bridgehead atoms. The predicted molar refractivity (Wildman–Crippen MR) is 81.3 cm³/mol.